The van der Waals surface area contributed by atoms with E-state index in [0.717, 1.165) is 4.90 Å². The third kappa shape index (κ3) is 3.68. The summed E-state index contributed by atoms with van der Waals surface area (Å²) in [5.74, 6) is -1.06. The topological polar surface area (TPSA) is 99.9 Å². The number of aromatic carboxylic acids is 1. The summed E-state index contributed by atoms with van der Waals surface area (Å²) in [5, 5.41) is 12.4. The number of nitrogens with zero attached hydrogens (tertiary/aromatic N) is 1. The van der Waals surface area contributed by atoms with Crippen LogP contribution in [0.1, 0.15) is 16.1 Å². The minimum atomic E-state index is -1.10. The Balaban J connectivity index is 1.64. The molecule has 2 aromatic carbocycles. The molecule has 4 rings (SSSR count). The summed E-state index contributed by atoms with van der Waals surface area (Å²) >= 11 is 12.1. The molecular weight excluding hydrogens is 431 g/mol. The minimum Gasteiger partial charge on any atom is -0.478 e. The lowest BCUT2D eigenvalue weighted by Gasteiger charge is -2.11. The van der Waals surface area contributed by atoms with Gasteiger partial charge in [0.05, 0.1) is 16.3 Å². The first-order chi connectivity index (χ1) is 14.3. The molecule has 3 aromatic rings. The van der Waals surface area contributed by atoms with Crippen LogP contribution in [0.3, 0.4) is 0 Å². The molecule has 0 bridgehead atoms. The Kier molecular flexibility index (Phi) is 5.07. The van der Waals surface area contributed by atoms with Crippen molar-refractivity contribution in [2.45, 2.75) is 0 Å². The Morgan fingerprint density at radius 1 is 1.07 bits per heavy atom. The van der Waals surface area contributed by atoms with Gasteiger partial charge in [-0.2, -0.15) is 0 Å². The number of amides is 3. The zero-order chi connectivity index (χ0) is 21.4. The van der Waals surface area contributed by atoms with Gasteiger partial charge in [-0.25, -0.2) is 14.5 Å². The van der Waals surface area contributed by atoms with Gasteiger partial charge in [0.1, 0.15) is 17.2 Å². The number of urea groups is 1. The van der Waals surface area contributed by atoms with Crippen molar-refractivity contribution in [1.82, 2.24) is 5.32 Å². The van der Waals surface area contributed by atoms with Crippen molar-refractivity contribution in [3.63, 3.8) is 0 Å². The summed E-state index contributed by atoms with van der Waals surface area (Å²) in [6, 6.07) is 13.2. The van der Waals surface area contributed by atoms with Gasteiger partial charge in [-0.3, -0.25) is 4.79 Å². The second-order valence-corrected chi connectivity index (χ2v) is 7.15. The second-order valence-electron chi connectivity index (χ2n) is 6.31. The first-order valence-corrected chi connectivity index (χ1v) is 9.35. The monoisotopic (exact) mass is 442 g/mol. The van der Waals surface area contributed by atoms with Crippen molar-refractivity contribution in [3.05, 3.63) is 81.7 Å². The Hall–Kier alpha value is -3.55. The van der Waals surface area contributed by atoms with E-state index >= 15 is 0 Å². The van der Waals surface area contributed by atoms with Crippen LogP contribution in [0, 0.1) is 0 Å². The molecular formula is C21H12Cl2N2O5. The van der Waals surface area contributed by atoms with Gasteiger partial charge in [0, 0.05) is 16.7 Å². The van der Waals surface area contributed by atoms with Crippen LogP contribution in [0.25, 0.3) is 17.4 Å². The number of nitrogens with one attached hydrogen (secondary N) is 1. The standard InChI is InChI=1S/C21H12Cl2N2O5/c22-12-2-1-3-13(9-12)25-19(26)17(24-21(25)29)10-14-5-7-18(30-14)15-8-11(20(27)28)4-6-16(15)23/h1-10H,(H,24,29)(H,27,28)/b17-10+. The average molecular weight is 443 g/mol. The van der Waals surface area contributed by atoms with Gasteiger partial charge in [-0.05, 0) is 48.5 Å². The predicted molar refractivity (Wildman–Crippen MR) is 112 cm³/mol. The molecule has 1 saturated heterocycles. The van der Waals surface area contributed by atoms with Crippen LogP contribution in [0.2, 0.25) is 10.0 Å². The summed E-state index contributed by atoms with van der Waals surface area (Å²) in [5.41, 5.74) is 0.807. The van der Waals surface area contributed by atoms with Gasteiger partial charge >= 0.3 is 12.0 Å². The lowest BCUT2D eigenvalue weighted by Crippen LogP contribution is -2.30. The van der Waals surface area contributed by atoms with Crippen LogP contribution in [0.4, 0.5) is 10.5 Å². The van der Waals surface area contributed by atoms with Crippen LogP contribution in [-0.4, -0.2) is 23.0 Å². The first-order valence-electron chi connectivity index (χ1n) is 8.59. The highest BCUT2D eigenvalue weighted by Crippen LogP contribution is 2.31. The summed E-state index contributed by atoms with van der Waals surface area (Å²) in [6.07, 6.45) is 1.38. The molecule has 2 N–H and O–H groups in total. The van der Waals surface area contributed by atoms with Crippen LogP contribution < -0.4 is 10.2 Å². The van der Waals surface area contributed by atoms with E-state index in [1.807, 2.05) is 0 Å². The smallest absolute Gasteiger partial charge is 0.335 e. The molecule has 0 saturated carbocycles. The molecule has 0 unspecified atom stereocenters. The van der Waals surface area contributed by atoms with Gasteiger partial charge < -0.3 is 14.8 Å². The van der Waals surface area contributed by atoms with Crippen LogP contribution >= 0.6 is 23.2 Å². The van der Waals surface area contributed by atoms with E-state index in [2.05, 4.69) is 5.32 Å². The number of carbonyl (C=O) groups excluding carboxylic acids is 2. The highest BCUT2D eigenvalue weighted by Gasteiger charge is 2.35. The molecule has 30 heavy (non-hydrogen) atoms. The largest absolute Gasteiger partial charge is 0.478 e. The third-order valence-electron chi connectivity index (χ3n) is 4.34. The second kappa shape index (κ2) is 7.70. The van der Waals surface area contributed by atoms with Crippen LogP contribution in [0.15, 0.2) is 64.7 Å². The van der Waals surface area contributed by atoms with Crippen molar-refractivity contribution in [2.75, 3.05) is 4.90 Å². The van der Waals surface area contributed by atoms with E-state index in [9.17, 15) is 14.4 Å². The maximum Gasteiger partial charge on any atom is 0.335 e. The molecule has 0 atom stereocenters. The number of hydrogen-bond acceptors (Lipinski definition) is 4. The number of hydrogen-bond donors (Lipinski definition) is 2. The van der Waals surface area contributed by atoms with Crippen LogP contribution in [0.5, 0.6) is 0 Å². The number of carbonyl (C=O) groups is 3. The molecule has 0 aliphatic carbocycles. The summed E-state index contributed by atoms with van der Waals surface area (Å²) < 4.78 is 5.69. The Morgan fingerprint density at radius 3 is 2.60 bits per heavy atom. The Labute approximate surface area is 180 Å². The number of furan rings is 1. The highest BCUT2D eigenvalue weighted by molar-refractivity contribution is 6.33. The molecule has 2 heterocycles. The molecule has 1 aliphatic rings. The fraction of sp³-hybridized carbons (Fsp3) is 0. The van der Waals surface area contributed by atoms with Crippen molar-refractivity contribution < 1.29 is 23.9 Å². The predicted octanol–water partition coefficient (Wildman–Crippen LogP) is 5.05. The van der Waals surface area contributed by atoms with E-state index in [0.29, 0.717) is 27.1 Å². The van der Waals surface area contributed by atoms with E-state index in [4.69, 9.17) is 32.7 Å². The number of halogens is 2. The first kappa shape index (κ1) is 19.8. The van der Waals surface area contributed by atoms with Gasteiger partial charge in [0.15, 0.2) is 0 Å². The molecule has 0 spiro atoms. The van der Waals surface area contributed by atoms with Crippen molar-refractivity contribution in [3.8, 4) is 11.3 Å². The number of rotatable bonds is 4. The molecule has 1 fully saturated rings. The summed E-state index contributed by atoms with van der Waals surface area (Å²) in [4.78, 5) is 37.1. The number of anilines is 1. The Morgan fingerprint density at radius 2 is 1.87 bits per heavy atom. The van der Waals surface area contributed by atoms with E-state index < -0.39 is 17.9 Å². The normalized spacial score (nSPS) is 15.0. The quantitative estimate of drug-likeness (QED) is 0.434. The van der Waals surface area contributed by atoms with Crippen molar-refractivity contribution >= 4 is 52.9 Å². The van der Waals surface area contributed by atoms with Crippen molar-refractivity contribution in [2.24, 2.45) is 0 Å². The zero-order valence-electron chi connectivity index (χ0n) is 15.1. The van der Waals surface area contributed by atoms with Gasteiger partial charge in [-0.1, -0.05) is 29.3 Å². The van der Waals surface area contributed by atoms with E-state index in [-0.39, 0.29) is 17.0 Å². The van der Waals surface area contributed by atoms with Gasteiger partial charge in [0.25, 0.3) is 5.91 Å². The maximum atomic E-state index is 12.7. The summed E-state index contributed by atoms with van der Waals surface area (Å²) in [7, 11) is 0. The lowest BCUT2D eigenvalue weighted by molar-refractivity contribution is -0.113. The summed E-state index contributed by atoms with van der Waals surface area (Å²) in [6.45, 7) is 0. The average Bonchev–Trinajstić information content (AvgIpc) is 3.26. The van der Waals surface area contributed by atoms with Gasteiger partial charge in [-0.15, -0.1) is 0 Å². The molecule has 3 amide bonds. The van der Waals surface area contributed by atoms with E-state index in [1.54, 1.807) is 30.3 Å². The van der Waals surface area contributed by atoms with Gasteiger partial charge in [0.2, 0.25) is 0 Å². The van der Waals surface area contributed by atoms with Crippen molar-refractivity contribution in [1.29, 1.82) is 0 Å². The zero-order valence-corrected chi connectivity index (χ0v) is 16.6. The highest BCUT2D eigenvalue weighted by atomic mass is 35.5. The lowest BCUT2D eigenvalue weighted by atomic mass is 10.1. The molecule has 7 nitrogen and oxygen atoms in total. The molecule has 1 aromatic heterocycles. The number of imide groups is 1. The maximum absolute atomic E-state index is 12.7. The Bertz CT molecular complexity index is 1230. The fourth-order valence-electron chi connectivity index (χ4n) is 2.95. The molecule has 150 valence electrons. The molecule has 0 radical (unpaired) electrons. The number of carboxylic acids is 1. The third-order valence-corrected chi connectivity index (χ3v) is 4.90. The van der Waals surface area contributed by atoms with Crippen LogP contribution in [-0.2, 0) is 4.79 Å². The number of benzene rings is 2. The number of carboxylic acid groups (broad SMARTS) is 1. The fourth-order valence-corrected chi connectivity index (χ4v) is 3.34. The minimum absolute atomic E-state index is 0.0197. The molecule has 9 heteroatoms. The SMILES string of the molecule is O=C(O)c1ccc(Cl)c(-c2ccc(/C=C3/NC(=O)N(c4cccc(Cl)c4)C3=O)o2)c1. The molecule has 1 aliphatic heterocycles. The van der Waals surface area contributed by atoms with E-state index in [1.165, 1.54) is 30.3 Å².